The molecule has 6 N–H and O–H groups in total. The van der Waals surface area contributed by atoms with Gasteiger partial charge in [-0.2, -0.15) is 0 Å². The summed E-state index contributed by atoms with van der Waals surface area (Å²) in [6.45, 7) is -0.462. The van der Waals surface area contributed by atoms with E-state index < -0.39 is 61.0 Å². The van der Waals surface area contributed by atoms with Crippen molar-refractivity contribution >= 4 is 0 Å². The van der Waals surface area contributed by atoms with E-state index in [0.29, 0.717) is 11.1 Å². The summed E-state index contributed by atoms with van der Waals surface area (Å²) in [5, 5.41) is 61.2. The lowest BCUT2D eigenvalue weighted by Gasteiger charge is -2.44. The molecule has 0 aliphatic carbocycles. The Hall–Kier alpha value is -2.68. The monoisotopic (exact) mass is 536 g/mol. The number of ether oxygens (including phenoxy) is 6. The van der Waals surface area contributed by atoms with Crippen LogP contribution >= 0.6 is 0 Å². The molecule has 2 aromatic rings. The molecule has 0 amide bonds. The van der Waals surface area contributed by atoms with Crippen molar-refractivity contribution in [2.75, 3.05) is 34.0 Å². The molecule has 38 heavy (non-hydrogen) atoms. The Kier molecular flexibility index (Phi) is 7.42. The Morgan fingerprint density at radius 2 is 1.50 bits per heavy atom. The van der Waals surface area contributed by atoms with Crippen molar-refractivity contribution in [3.05, 3.63) is 47.5 Å². The summed E-state index contributed by atoms with van der Waals surface area (Å²) in [4.78, 5) is 0. The minimum atomic E-state index is -1.63. The van der Waals surface area contributed by atoms with Gasteiger partial charge in [0.15, 0.2) is 29.3 Å². The largest absolute Gasteiger partial charge is 0.504 e. The molecular weight excluding hydrogens is 504 g/mol. The van der Waals surface area contributed by atoms with Gasteiger partial charge in [0.2, 0.25) is 0 Å². The number of benzene rings is 2. The summed E-state index contributed by atoms with van der Waals surface area (Å²) in [7, 11) is 2.86. The lowest BCUT2D eigenvalue weighted by molar-refractivity contribution is -0.333. The number of methoxy groups -OCH3 is 2. The lowest BCUT2D eigenvalue weighted by atomic mass is 9.80. The maximum absolute atomic E-state index is 10.7. The fourth-order valence-corrected chi connectivity index (χ4v) is 5.54. The molecule has 0 bridgehead atoms. The van der Waals surface area contributed by atoms with Crippen LogP contribution in [0.3, 0.4) is 0 Å². The first-order chi connectivity index (χ1) is 18.2. The Bertz CT molecular complexity index is 1140. The quantitative estimate of drug-likeness (QED) is 0.282. The summed E-state index contributed by atoms with van der Waals surface area (Å²) in [6, 6.07) is 9.57. The Balaban J connectivity index is 1.54. The van der Waals surface area contributed by atoms with Gasteiger partial charge in [0.05, 0.1) is 40.1 Å². The van der Waals surface area contributed by atoms with Crippen LogP contribution in [0.25, 0.3) is 0 Å². The average Bonchev–Trinajstić information content (AvgIpc) is 3.46. The van der Waals surface area contributed by atoms with Crippen molar-refractivity contribution in [2.24, 2.45) is 5.92 Å². The van der Waals surface area contributed by atoms with Crippen molar-refractivity contribution in [3.63, 3.8) is 0 Å². The number of rotatable bonds is 7. The van der Waals surface area contributed by atoms with Gasteiger partial charge < -0.3 is 59.1 Å². The van der Waals surface area contributed by atoms with E-state index in [0.717, 1.165) is 0 Å². The molecule has 3 saturated heterocycles. The normalized spacial score (nSPS) is 36.7. The van der Waals surface area contributed by atoms with Gasteiger partial charge in [-0.3, -0.25) is 0 Å². The molecule has 0 aromatic heterocycles. The number of fused-ring (bicyclic) bond motifs is 1. The van der Waals surface area contributed by atoms with E-state index in [2.05, 4.69) is 0 Å². The van der Waals surface area contributed by atoms with Crippen LogP contribution in [0.4, 0.5) is 0 Å². The van der Waals surface area contributed by atoms with Crippen LogP contribution in [0.15, 0.2) is 36.4 Å². The van der Waals surface area contributed by atoms with Crippen LogP contribution in [0.5, 0.6) is 23.0 Å². The van der Waals surface area contributed by atoms with Crippen LogP contribution in [0.2, 0.25) is 0 Å². The molecule has 0 saturated carbocycles. The van der Waals surface area contributed by atoms with Gasteiger partial charge >= 0.3 is 0 Å². The average molecular weight is 537 g/mol. The SMILES string of the molecule is COc1cc(C2OC[C@]3(OC4OC(CO)C(O)C(O)C4O)C(c4ccc(O)c(OC)c4)OC[C@H]23)ccc1O. The van der Waals surface area contributed by atoms with E-state index in [4.69, 9.17) is 28.4 Å². The zero-order valence-electron chi connectivity index (χ0n) is 20.8. The van der Waals surface area contributed by atoms with Crippen molar-refractivity contribution in [2.45, 2.75) is 48.5 Å². The summed E-state index contributed by atoms with van der Waals surface area (Å²) in [5.74, 6) is -0.0800. The molecule has 0 radical (unpaired) electrons. The molecule has 12 nitrogen and oxygen atoms in total. The van der Waals surface area contributed by atoms with E-state index in [1.165, 1.54) is 26.4 Å². The number of aliphatic hydroxyl groups is 4. The minimum Gasteiger partial charge on any atom is -0.504 e. The number of aromatic hydroxyl groups is 2. The fourth-order valence-electron chi connectivity index (χ4n) is 5.54. The van der Waals surface area contributed by atoms with Crippen LogP contribution in [-0.4, -0.2) is 101 Å². The highest BCUT2D eigenvalue weighted by Crippen LogP contribution is 2.57. The van der Waals surface area contributed by atoms with Crippen molar-refractivity contribution in [1.82, 2.24) is 0 Å². The standard InChI is InChI=1S/C26H32O12/c1-33-17-7-12(3-5-15(17)28)23-14-10-35-24(13-4-6-16(29)18(8-13)34-2)26(14,11-36-23)38-25-22(32)21(31)20(30)19(9-27)37-25/h3-8,14,19-25,27-32H,9-11H2,1-2H3/t14-,19?,20?,21?,22?,23?,24?,25?,26-/m1/s1. The van der Waals surface area contributed by atoms with Gasteiger partial charge in [0.1, 0.15) is 36.1 Å². The highest BCUT2D eigenvalue weighted by Gasteiger charge is 2.63. The Labute approximate surface area is 218 Å². The smallest absolute Gasteiger partial charge is 0.187 e. The number of hydrogen-bond donors (Lipinski definition) is 6. The van der Waals surface area contributed by atoms with Gasteiger partial charge in [-0.15, -0.1) is 0 Å². The molecule has 5 rings (SSSR count). The first kappa shape index (κ1) is 26.9. The van der Waals surface area contributed by atoms with E-state index in [1.807, 2.05) is 0 Å². The van der Waals surface area contributed by atoms with Gasteiger partial charge in [0, 0.05) is 5.92 Å². The first-order valence-electron chi connectivity index (χ1n) is 12.2. The van der Waals surface area contributed by atoms with Crippen LogP contribution in [-0.2, 0) is 18.9 Å². The summed E-state index contributed by atoms with van der Waals surface area (Å²) < 4.78 is 35.1. The second kappa shape index (κ2) is 10.5. The van der Waals surface area contributed by atoms with Gasteiger partial charge in [-0.05, 0) is 35.4 Å². The molecule has 3 aliphatic heterocycles. The molecule has 208 valence electrons. The van der Waals surface area contributed by atoms with E-state index in [1.54, 1.807) is 24.3 Å². The third kappa shape index (κ3) is 4.36. The number of phenols is 2. The summed E-state index contributed by atoms with van der Waals surface area (Å²) in [6.07, 6.45) is -8.76. The van der Waals surface area contributed by atoms with Gasteiger partial charge in [0.25, 0.3) is 0 Å². The first-order valence-corrected chi connectivity index (χ1v) is 12.2. The predicted octanol–water partition coefficient (Wildman–Crippen LogP) is 0.129. The molecule has 0 spiro atoms. The molecule has 2 aromatic carbocycles. The third-order valence-corrected chi connectivity index (χ3v) is 7.59. The molecule has 3 aliphatic rings. The van der Waals surface area contributed by atoms with Gasteiger partial charge in [-0.1, -0.05) is 12.1 Å². The summed E-state index contributed by atoms with van der Waals surface area (Å²) >= 11 is 0. The fraction of sp³-hybridized carbons (Fsp3) is 0.538. The zero-order valence-corrected chi connectivity index (χ0v) is 20.8. The van der Waals surface area contributed by atoms with Crippen molar-refractivity contribution in [1.29, 1.82) is 0 Å². The second-order valence-corrected chi connectivity index (χ2v) is 9.68. The molecule has 3 heterocycles. The minimum absolute atomic E-state index is 0.0194. The molecule has 3 fully saturated rings. The van der Waals surface area contributed by atoms with Crippen molar-refractivity contribution < 1.29 is 59.1 Å². The van der Waals surface area contributed by atoms with E-state index in [9.17, 15) is 30.6 Å². The lowest BCUT2D eigenvalue weighted by Crippen LogP contribution is -2.61. The highest BCUT2D eigenvalue weighted by molar-refractivity contribution is 5.45. The van der Waals surface area contributed by atoms with Gasteiger partial charge in [-0.25, -0.2) is 0 Å². The number of aliphatic hydroxyl groups excluding tert-OH is 4. The maximum atomic E-state index is 10.7. The van der Waals surface area contributed by atoms with Crippen LogP contribution in [0, 0.1) is 5.92 Å². The third-order valence-electron chi connectivity index (χ3n) is 7.59. The highest BCUT2D eigenvalue weighted by atomic mass is 16.7. The predicted molar refractivity (Wildman–Crippen MR) is 128 cm³/mol. The van der Waals surface area contributed by atoms with Crippen molar-refractivity contribution in [3.8, 4) is 23.0 Å². The molecular formula is C26H32O12. The van der Waals surface area contributed by atoms with Crippen LogP contribution in [0.1, 0.15) is 23.3 Å². The van der Waals surface area contributed by atoms with E-state index >= 15 is 0 Å². The second-order valence-electron chi connectivity index (χ2n) is 9.68. The van der Waals surface area contributed by atoms with E-state index in [-0.39, 0.29) is 36.2 Å². The topological polar surface area (TPSA) is 177 Å². The Morgan fingerprint density at radius 3 is 2.13 bits per heavy atom. The number of phenolic OH excluding ortho intramolecular Hbond substituents is 2. The molecule has 7 unspecified atom stereocenters. The number of hydrogen-bond acceptors (Lipinski definition) is 12. The zero-order chi connectivity index (χ0) is 27.2. The molecule has 12 heteroatoms. The van der Waals surface area contributed by atoms with Crippen LogP contribution < -0.4 is 9.47 Å². The molecule has 9 atom stereocenters. The summed E-state index contributed by atoms with van der Waals surface area (Å²) in [5.41, 5.74) is 0.0153. The maximum Gasteiger partial charge on any atom is 0.187 e. The Morgan fingerprint density at radius 1 is 0.868 bits per heavy atom.